The van der Waals surface area contributed by atoms with Gasteiger partial charge in [0, 0.05) is 38.9 Å². The summed E-state index contributed by atoms with van der Waals surface area (Å²) in [6.45, 7) is 5.62. The van der Waals surface area contributed by atoms with E-state index in [4.69, 9.17) is 11.6 Å². The first-order valence-corrected chi connectivity index (χ1v) is 10.1. The Morgan fingerprint density at radius 2 is 1.93 bits per heavy atom. The zero-order valence-electron chi connectivity index (χ0n) is 15.6. The predicted octanol–water partition coefficient (Wildman–Crippen LogP) is 2.79. The van der Waals surface area contributed by atoms with E-state index in [1.165, 1.54) is 25.7 Å². The summed E-state index contributed by atoms with van der Waals surface area (Å²) < 4.78 is 1.91. The Balaban J connectivity index is 1.37. The molecule has 2 fully saturated rings. The Bertz CT molecular complexity index is 791. The fourth-order valence-corrected chi connectivity index (χ4v) is 4.12. The second-order valence-electron chi connectivity index (χ2n) is 7.47. The molecule has 0 aromatic carbocycles. The second-order valence-corrected chi connectivity index (χ2v) is 7.91. The number of anilines is 1. The van der Waals surface area contributed by atoms with Crippen LogP contribution in [0.1, 0.15) is 41.9 Å². The highest BCUT2D eigenvalue weighted by Gasteiger charge is 2.27. The minimum Gasteiger partial charge on any atom is -0.353 e. The maximum absolute atomic E-state index is 12.9. The van der Waals surface area contributed by atoms with Gasteiger partial charge in [0.2, 0.25) is 0 Å². The molecule has 1 aliphatic heterocycles. The molecule has 144 valence electrons. The summed E-state index contributed by atoms with van der Waals surface area (Å²) in [7, 11) is 0. The molecular weight excluding hydrogens is 364 g/mol. The number of hydrogen-bond acceptors (Lipinski definition) is 5. The van der Waals surface area contributed by atoms with Crippen LogP contribution in [0.4, 0.5) is 5.82 Å². The van der Waals surface area contributed by atoms with E-state index in [1.54, 1.807) is 6.20 Å². The number of rotatable bonds is 4. The zero-order chi connectivity index (χ0) is 18.8. The number of carbonyl (C=O) groups is 1. The predicted molar refractivity (Wildman–Crippen MR) is 104 cm³/mol. The molecule has 8 heteroatoms. The van der Waals surface area contributed by atoms with Crippen molar-refractivity contribution in [1.82, 2.24) is 24.9 Å². The minimum atomic E-state index is -0.0195. The molecule has 1 amide bonds. The SMILES string of the molecule is Cc1c(C(=O)N2CCN(c3ccc(Cl)cn3)CC2)nnn1CC1CCCC1. The van der Waals surface area contributed by atoms with Crippen LogP contribution in [0.15, 0.2) is 18.3 Å². The van der Waals surface area contributed by atoms with Crippen molar-refractivity contribution < 1.29 is 4.79 Å². The lowest BCUT2D eigenvalue weighted by molar-refractivity contribution is 0.0739. The van der Waals surface area contributed by atoms with Gasteiger partial charge in [-0.2, -0.15) is 0 Å². The van der Waals surface area contributed by atoms with Crippen molar-refractivity contribution in [3.8, 4) is 0 Å². The van der Waals surface area contributed by atoms with Gasteiger partial charge in [-0.05, 0) is 37.8 Å². The van der Waals surface area contributed by atoms with Gasteiger partial charge in [-0.3, -0.25) is 4.79 Å². The number of hydrogen-bond donors (Lipinski definition) is 0. The molecule has 0 radical (unpaired) electrons. The molecule has 1 aliphatic carbocycles. The molecule has 0 N–H and O–H groups in total. The van der Waals surface area contributed by atoms with E-state index in [0.717, 1.165) is 31.1 Å². The van der Waals surface area contributed by atoms with Crippen molar-refractivity contribution in [2.75, 3.05) is 31.1 Å². The molecule has 2 aliphatic rings. The average Bonchev–Trinajstić information content (AvgIpc) is 3.33. The standard InChI is InChI=1S/C19H25ClN6O/c1-14-18(22-23-26(14)13-15-4-2-3-5-15)19(27)25-10-8-24(9-11-25)17-7-6-16(20)12-21-17/h6-7,12,15H,2-5,8-11,13H2,1H3. The van der Waals surface area contributed by atoms with E-state index in [2.05, 4.69) is 20.2 Å². The third-order valence-corrected chi connectivity index (χ3v) is 5.92. The van der Waals surface area contributed by atoms with E-state index in [1.807, 2.05) is 28.6 Å². The zero-order valence-corrected chi connectivity index (χ0v) is 16.4. The summed E-state index contributed by atoms with van der Waals surface area (Å²) >= 11 is 5.90. The molecule has 4 rings (SSSR count). The summed E-state index contributed by atoms with van der Waals surface area (Å²) in [5.74, 6) is 1.54. The van der Waals surface area contributed by atoms with Gasteiger partial charge < -0.3 is 9.80 Å². The molecule has 27 heavy (non-hydrogen) atoms. The van der Waals surface area contributed by atoms with E-state index in [-0.39, 0.29) is 5.91 Å². The molecule has 7 nitrogen and oxygen atoms in total. The maximum atomic E-state index is 12.9. The van der Waals surface area contributed by atoms with Crippen LogP contribution in [-0.2, 0) is 6.54 Å². The van der Waals surface area contributed by atoms with Crippen molar-refractivity contribution in [2.45, 2.75) is 39.2 Å². The highest BCUT2D eigenvalue weighted by Crippen LogP contribution is 2.26. The lowest BCUT2D eigenvalue weighted by atomic mass is 10.1. The van der Waals surface area contributed by atoms with Crippen molar-refractivity contribution in [3.63, 3.8) is 0 Å². The molecule has 0 unspecified atom stereocenters. The Kier molecular flexibility index (Phi) is 5.29. The molecule has 0 bridgehead atoms. The molecule has 3 heterocycles. The van der Waals surface area contributed by atoms with Gasteiger partial charge in [0.1, 0.15) is 5.82 Å². The summed E-state index contributed by atoms with van der Waals surface area (Å²) in [4.78, 5) is 21.3. The summed E-state index contributed by atoms with van der Waals surface area (Å²) in [5, 5.41) is 9.08. The molecule has 0 spiro atoms. The van der Waals surface area contributed by atoms with Crippen LogP contribution in [-0.4, -0.2) is 57.0 Å². The van der Waals surface area contributed by atoms with Gasteiger partial charge in [0.05, 0.1) is 10.7 Å². The topological polar surface area (TPSA) is 67.2 Å². The van der Waals surface area contributed by atoms with Crippen LogP contribution in [0.25, 0.3) is 0 Å². The Labute approximate surface area is 164 Å². The van der Waals surface area contributed by atoms with Crippen LogP contribution in [0.3, 0.4) is 0 Å². The number of aromatic nitrogens is 4. The number of piperazine rings is 1. The summed E-state index contributed by atoms with van der Waals surface area (Å²) in [6.07, 6.45) is 6.76. The monoisotopic (exact) mass is 388 g/mol. The van der Waals surface area contributed by atoms with Crippen molar-refractivity contribution in [3.05, 3.63) is 34.7 Å². The first kappa shape index (κ1) is 18.2. The first-order chi connectivity index (χ1) is 13.1. The Morgan fingerprint density at radius 1 is 1.19 bits per heavy atom. The van der Waals surface area contributed by atoms with Crippen LogP contribution < -0.4 is 4.90 Å². The lowest BCUT2D eigenvalue weighted by Crippen LogP contribution is -2.49. The third-order valence-electron chi connectivity index (χ3n) is 5.69. The number of pyridine rings is 1. The van der Waals surface area contributed by atoms with Crippen LogP contribution in [0, 0.1) is 12.8 Å². The maximum Gasteiger partial charge on any atom is 0.276 e. The quantitative estimate of drug-likeness (QED) is 0.805. The molecule has 2 aromatic heterocycles. The normalized spacial score (nSPS) is 18.3. The molecular formula is C19H25ClN6O. The first-order valence-electron chi connectivity index (χ1n) is 9.67. The molecule has 0 atom stereocenters. The smallest absolute Gasteiger partial charge is 0.276 e. The number of carbonyl (C=O) groups excluding carboxylic acids is 1. The van der Waals surface area contributed by atoms with Crippen molar-refractivity contribution in [1.29, 1.82) is 0 Å². The van der Waals surface area contributed by atoms with E-state index in [0.29, 0.717) is 29.7 Å². The van der Waals surface area contributed by atoms with Gasteiger partial charge in [0.25, 0.3) is 5.91 Å². The van der Waals surface area contributed by atoms with E-state index >= 15 is 0 Å². The fraction of sp³-hybridized carbons (Fsp3) is 0.579. The minimum absolute atomic E-state index is 0.0195. The average molecular weight is 389 g/mol. The van der Waals surface area contributed by atoms with Crippen LogP contribution >= 0.6 is 11.6 Å². The Hall–Kier alpha value is -2.15. The molecule has 1 saturated carbocycles. The highest BCUT2D eigenvalue weighted by molar-refractivity contribution is 6.30. The third kappa shape index (κ3) is 3.93. The van der Waals surface area contributed by atoms with E-state index < -0.39 is 0 Å². The molecule has 1 saturated heterocycles. The Morgan fingerprint density at radius 3 is 2.59 bits per heavy atom. The van der Waals surface area contributed by atoms with Crippen molar-refractivity contribution >= 4 is 23.3 Å². The van der Waals surface area contributed by atoms with Gasteiger partial charge in [-0.25, -0.2) is 9.67 Å². The van der Waals surface area contributed by atoms with Gasteiger partial charge in [-0.1, -0.05) is 29.7 Å². The van der Waals surface area contributed by atoms with Crippen LogP contribution in [0.2, 0.25) is 5.02 Å². The summed E-state index contributed by atoms with van der Waals surface area (Å²) in [5.41, 5.74) is 1.37. The van der Waals surface area contributed by atoms with Crippen LogP contribution in [0.5, 0.6) is 0 Å². The largest absolute Gasteiger partial charge is 0.353 e. The lowest BCUT2D eigenvalue weighted by Gasteiger charge is -2.35. The number of nitrogens with zero attached hydrogens (tertiary/aromatic N) is 6. The molecule has 2 aromatic rings. The highest BCUT2D eigenvalue weighted by atomic mass is 35.5. The van der Waals surface area contributed by atoms with E-state index in [9.17, 15) is 4.79 Å². The second kappa shape index (κ2) is 7.84. The number of halogens is 1. The fourth-order valence-electron chi connectivity index (χ4n) is 4.01. The van der Waals surface area contributed by atoms with Crippen molar-refractivity contribution in [2.24, 2.45) is 5.92 Å². The van der Waals surface area contributed by atoms with Gasteiger partial charge in [-0.15, -0.1) is 5.10 Å². The van der Waals surface area contributed by atoms with Gasteiger partial charge >= 0.3 is 0 Å². The van der Waals surface area contributed by atoms with Gasteiger partial charge in [0.15, 0.2) is 5.69 Å². The summed E-state index contributed by atoms with van der Waals surface area (Å²) in [6, 6.07) is 3.76. The number of amides is 1.